The highest BCUT2D eigenvalue weighted by Gasteiger charge is 2.14. The lowest BCUT2D eigenvalue weighted by Crippen LogP contribution is -2.18. The van der Waals surface area contributed by atoms with E-state index in [2.05, 4.69) is 9.88 Å². The van der Waals surface area contributed by atoms with Gasteiger partial charge in [-0.3, -0.25) is 4.90 Å². The first-order valence-electron chi connectivity index (χ1n) is 5.49. The van der Waals surface area contributed by atoms with Gasteiger partial charge < -0.3 is 4.42 Å². The Hall–Kier alpha value is -1.35. The van der Waals surface area contributed by atoms with Crippen LogP contribution in [0.1, 0.15) is 18.7 Å². The quantitative estimate of drug-likeness (QED) is 0.749. The lowest BCUT2D eigenvalue weighted by molar-refractivity contribution is 0.295. The summed E-state index contributed by atoms with van der Waals surface area (Å²) in [5, 5.41) is 0. The molecule has 2 heterocycles. The summed E-state index contributed by atoms with van der Waals surface area (Å²) in [6, 6.07) is 7.93. The Balaban J connectivity index is 1.84. The summed E-state index contributed by atoms with van der Waals surface area (Å²) in [7, 11) is 0. The summed E-state index contributed by atoms with van der Waals surface area (Å²) in [6.07, 6.45) is 2.61. The Morgan fingerprint density at radius 2 is 2.00 bits per heavy atom. The van der Waals surface area contributed by atoms with Gasteiger partial charge in [0.1, 0.15) is 5.52 Å². The molecular weight excluding hydrogens is 188 g/mol. The van der Waals surface area contributed by atoms with Gasteiger partial charge in [-0.2, -0.15) is 0 Å². The first kappa shape index (κ1) is 8.92. The number of para-hydroxylation sites is 2. The molecule has 78 valence electrons. The third-order valence-electron chi connectivity index (χ3n) is 2.90. The average Bonchev–Trinajstić information content (AvgIpc) is 2.86. The fourth-order valence-corrected chi connectivity index (χ4v) is 2.12. The van der Waals surface area contributed by atoms with Gasteiger partial charge in [-0.15, -0.1) is 0 Å². The first-order chi connectivity index (χ1) is 7.42. The molecule has 2 aromatic rings. The smallest absolute Gasteiger partial charge is 0.209 e. The first-order valence-corrected chi connectivity index (χ1v) is 5.49. The SMILES string of the molecule is c1ccc2oc(CN3CCCC3)nc2c1. The third kappa shape index (κ3) is 1.75. The summed E-state index contributed by atoms with van der Waals surface area (Å²) < 4.78 is 5.68. The van der Waals surface area contributed by atoms with Gasteiger partial charge >= 0.3 is 0 Å². The lowest BCUT2D eigenvalue weighted by Gasteiger charge is -2.10. The van der Waals surface area contributed by atoms with Gasteiger partial charge in [-0.05, 0) is 38.1 Å². The molecule has 0 N–H and O–H groups in total. The molecule has 15 heavy (non-hydrogen) atoms. The van der Waals surface area contributed by atoms with Crippen molar-refractivity contribution in [2.45, 2.75) is 19.4 Å². The van der Waals surface area contributed by atoms with E-state index < -0.39 is 0 Å². The normalized spacial score (nSPS) is 17.6. The number of aromatic nitrogens is 1. The van der Waals surface area contributed by atoms with Crippen LogP contribution in [0.4, 0.5) is 0 Å². The van der Waals surface area contributed by atoms with E-state index in [1.807, 2.05) is 24.3 Å². The molecule has 3 rings (SSSR count). The van der Waals surface area contributed by atoms with Crippen LogP contribution in [-0.2, 0) is 6.54 Å². The zero-order valence-electron chi connectivity index (χ0n) is 8.65. The van der Waals surface area contributed by atoms with E-state index in [1.54, 1.807) is 0 Å². The molecule has 1 aromatic carbocycles. The van der Waals surface area contributed by atoms with Crippen molar-refractivity contribution in [1.29, 1.82) is 0 Å². The minimum Gasteiger partial charge on any atom is -0.439 e. The summed E-state index contributed by atoms with van der Waals surface area (Å²) in [4.78, 5) is 6.86. The van der Waals surface area contributed by atoms with Crippen LogP contribution in [-0.4, -0.2) is 23.0 Å². The summed E-state index contributed by atoms with van der Waals surface area (Å²) in [5.41, 5.74) is 1.86. The predicted octanol–water partition coefficient (Wildman–Crippen LogP) is 2.42. The largest absolute Gasteiger partial charge is 0.439 e. The van der Waals surface area contributed by atoms with E-state index in [1.165, 1.54) is 25.9 Å². The van der Waals surface area contributed by atoms with Crippen molar-refractivity contribution >= 4 is 11.1 Å². The second kappa shape index (κ2) is 3.66. The van der Waals surface area contributed by atoms with Gasteiger partial charge in [-0.25, -0.2) is 4.98 Å². The molecule has 1 aliphatic rings. The van der Waals surface area contributed by atoms with Gasteiger partial charge in [-0.1, -0.05) is 12.1 Å². The number of nitrogens with zero attached hydrogens (tertiary/aromatic N) is 2. The second-order valence-corrected chi connectivity index (χ2v) is 4.06. The number of fused-ring (bicyclic) bond motifs is 1. The minimum atomic E-state index is 0.845. The number of hydrogen-bond donors (Lipinski definition) is 0. The van der Waals surface area contributed by atoms with Crippen LogP contribution in [0.25, 0.3) is 11.1 Å². The van der Waals surface area contributed by atoms with Crippen LogP contribution in [0, 0.1) is 0 Å². The van der Waals surface area contributed by atoms with E-state index in [0.29, 0.717) is 0 Å². The Bertz CT molecular complexity index is 424. The fourth-order valence-electron chi connectivity index (χ4n) is 2.12. The molecule has 3 nitrogen and oxygen atoms in total. The summed E-state index contributed by atoms with van der Waals surface area (Å²) >= 11 is 0. The van der Waals surface area contributed by atoms with Crippen LogP contribution in [0.3, 0.4) is 0 Å². The molecule has 0 amide bonds. The maximum Gasteiger partial charge on any atom is 0.209 e. The minimum absolute atomic E-state index is 0.845. The predicted molar refractivity (Wildman–Crippen MR) is 58.5 cm³/mol. The molecule has 1 saturated heterocycles. The highest BCUT2D eigenvalue weighted by Crippen LogP contribution is 2.17. The van der Waals surface area contributed by atoms with Crippen LogP contribution in [0.5, 0.6) is 0 Å². The Morgan fingerprint density at radius 3 is 2.80 bits per heavy atom. The fraction of sp³-hybridized carbons (Fsp3) is 0.417. The average molecular weight is 202 g/mol. The Kier molecular flexibility index (Phi) is 2.18. The van der Waals surface area contributed by atoms with E-state index in [-0.39, 0.29) is 0 Å². The van der Waals surface area contributed by atoms with Gasteiger partial charge in [0.2, 0.25) is 5.89 Å². The van der Waals surface area contributed by atoms with Gasteiger partial charge in [0.15, 0.2) is 5.58 Å². The Morgan fingerprint density at radius 1 is 1.20 bits per heavy atom. The maximum absolute atomic E-state index is 5.68. The number of benzene rings is 1. The molecular formula is C12H14N2O. The van der Waals surface area contributed by atoms with Crippen molar-refractivity contribution in [3.8, 4) is 0 Å². The third-order valence-corrected chi connectivity index (χ3v) is 2.90. The monoisotopic (exact) mass is 202 g/mol. The standard InChI is InChI=1S/C12H14N2O/c1-2-6-11-10(5-1)13-12(15-11)9-14-7-3-4-8-14/h1-2,5-6H,3-4,7-9H2. The molecule has 0 spiro atoms. The zero-order chi connectivity index (χ0) is 10.1. The summed E-state index contributed by atoms with van der Waals surface area (Å²) in [6.45, 7) is 3.21. The van der Waals surface area contributed by atoms with Crippen LogP contribution in [0.15, 0.2) is 28.7 Å². The van der Waals surface area contributed by atoms with Crippen molar-refractivity contribution in [1.82, 2.24) is 9.88 Å². The van der Waals surface area contributed by atoms with Crippen LogP contribution in [0.2, 0.25) is 0 Å². The molecule has 1 aliphatic heterocycles. The lowest BCUT2D eigenvalue weighted by atomic mass is 10.3. The second-order valence-electron chi connectivity index (χ2n) is 4.06. The van der Waals surface area contributed by atoms with E-state index in [0.717, 1.165) is 23.5 Å². The van der Waals surface area contributed by atoms with E-state index in [4.69, 9.17) is 4.42 Å². The molecule has 0 aliphatic carbocycles. The highest BCUT2D eigenvalue weighted by atomic mass is 16.3. The zero-order valence-corrected chi connectivity index (χ0v) is 8.65. The van der Waals surface area contributed by atoms with Gasteiger partial charge in [0.05, 0.1) is 6.54 Å². The molecule has 1 aromatic heterocycles. The Labute approximate surface area is 88.7 Å². The van der Waals surface area contributed by atoms with Crippen molar-refractivity contribution in [3.05, 3.63) is 30.2 Å². The van der Waals surface area contributed by atoms with E-state index in [9.17, 15) is 0 Å². The number of likely N-dealkylation sites (tertiary alicyclic amines) is 1. The molecule has 0 radical (unpaired) electrons. The van der Waals surface area contributed by atoms with Crippen molar-refractivity contribution < 1.29 is 4.42 Å². The molecule has 1 fully saturated rings. The topological polar surface area (TPSA) is 29.3 Å². The van der Waals surface area contributed by atoms with E-state index >= 15 is 0 Å². The molecule has 0 atom stereocenters. The summed E-state index contributed by atoms with van der Waals surface area (Å²) in [5.74, 6) is 0.845. The number of hydrogen-bond acceptors (Lipinski definition) is 3. The highest BCUT2D eigenvalue weighted by molar-refractivity contribution is 5.72. The van der Waals surface area contributed by atoms with Crippen molar-refractivity contribution in [2.75, 3.05) is 13.1 Å². The van der Waals surface area contributed by atoms with Crippen molar-refractivity contribution in [2.24, 2.45) is 0 Å². The van der Waals surface area contributed by atoms with Gasteiger partial charge in [0, 0.05) is 0 Å². The van der Waals surface area contributed by atoms with Crippen LogP contribution < -0.4 is 0 Å². The number of rotatable bonds is 2. The number of oxazole rings is 1. The molecule has 0 bridgehead atoms. The van der Waals surface area contributed by atoms with Crippen LogP contribution >= 0.6 is 0 Å². The maximum atomic E-state index is 5.68. The molecule has 0 unspecified atom stereocenters. The molecule has 3 heteroatoms. The van der Waals surface area contributed by atoms with Gasteiger partial charge in [0.25, 0.3) is 0 Å². The molecule has 0 saturated carbocycles. The van der Waals surface area contributed by atoms with Crippen molar-refractivity contribution in [3.63, 3.8) is 0 Å².